The number of hydrogen-bond donors (Lipinski definition) is 2. The van der Waals surface area contributed by atoms with E-state index < -0.39 is 11.7 Å². The number of hydrogen-bond acceptors (Lipinski definition) is 3. The van der Waals surface area contributed by atoms with Gasteiger partial charge < -0.3 is 15.5 Å². The number of halogens is 4. The maximum Gasteiger partial charge on any atom is 0.416 e. The predicted molar refractivity (Wildman–Crippen MR) is 101 cm³/mol. The van der Waals surface area contributed by atoms with E-state index in [0.717, 1.165) is 50.4 Å². The second kappa shape index (κ2) is 6.04. The lowest BCUT2D eigenvalue weighted by atomic mass is 9.83. The third-order valence-corrected chi connectivity index (χ3v) is 6.28. The Labute approximate surface area is 160 Å². The van der Waals surface area contributed by atoms with Gasteiger partial charge in [0.2, 0.25) is 0 Å². The van der Waals surface area contributed by atoms with Crippen LogP contribution in [0, 0.1) is 5.92 Å². The molecule has 0 amide bonds. The smallest absolute Gasteiger partial charge is 0.370 e. The highest BCUT2D eigenvalue weighted by atomic mass is 35.5. The lowest BCUT2D eigenvalue weighted by Gasteiger charge is -2.35. The van der Waals surface area contributed by atoms with E-state index in [2.05, 4.69) is 27.7 Å². The van der Waals surface area contributed by atoms with Gasteiger partial charge >= 0.3 is 6.18 Å². The monoisotopic (exact) mass is 393 g/mol. The molecule has 0 unspecified atom stereocenters. The molecule has 2 aromatic carbocycles. The van der Waals surface area contributed by atoms with E-state index in [4.69, 9.17) is 11.6 Å². The maximum absolute atomic E-state index is 13.1. The summed E-state index contributed by atoms with van der Waals surface area (Å²) in [6.45, 7) is 4.08. The number of rotatable bonds is 2. The largest absolute Gasteiger partial charge is 0.416 e. The van der Waals surface area contributed by atoms with E-state index in [1.807, 2.05) is 0 Å². The minimum absolute atomic E-state index is 0.277. The van der Waals surface area contributed by atoms with Gasteiger partial charge in [-0.1, -0.05) is 11.6 Å². The Morgan fingerprint density at radius 2 is 2.00 bits per heavy atom. The van der Waals surface area contributed by atoms with Crippen molar-refractivity contribution in [3.05, 3.63) is 52.0 Å². The molecule has 27 heavy (non-hydrogen) atoms. The van der Waals surface area contributed by atoms with Gasteiger partial charge in [0.1, 0.15) is 0 Å². The lowest BCUT2D eigenvalue weighted by Crippen LogP contribution is -2.35. The molecule has 1 saturated heterocycles. The summed E-state index contributed by atoms with van der Waals surface area (Å²) in [5, 5.41) is 6.89. The van der Waals surface area contributed by atoms with Crippen LogP contribution in [0.4, 0.5) is 30.2 Å². The van der Waals surface area contributed by atoms with Crippen LogP contribution in [-0.2, 0) is 12.6 Å². The Bertz CT molecular complexity index is 912. The first kappa shape index (κ1) is 17.2. The van der Waals surface area contributed by atoms with Gasteiger partial charge in [-0.2, -0.15) is 13.2 Å². The van der Waals surface area contributed by atoms with Gasteiger partial charge in [-0.15, -0.1) is 0 Å². The first-order valence-electron chi connectivity index (χ1n) is 9.16. The van der Waals surface area contributed by atoms with Crippen molar-refractivity contribution in [1.82, 2.24) is 5.32 Å². The van der Waals surface area contributed by atoms with Crippen LogP contribution in [0.1, 0.15) is 22.6 Å². The molecule has 0 spiro atoms. The van der Waals surface area contributed by atoms with Gasteiger partial charge in [0.25, 0.3) is 0 Å². The van der Waals surface area contributed by atoms with E-state index in [-0.39, 0.29) is 10.7 Å². The first-order valence-corrected chi connectivity index (χ1v) is 9.54. The fourth-order valence-electron chi connectivity index (χ4n) is 4.72. The molecule has 3 aliphatic heterocycles. The summed E-state index contributed by atoms with van der Waals surface area (Å²) in [6, 6.07) is 7.53. The van der Waals surface area contributed by atoms with Crippen LogP contribution >= 0.6 is 11.6 Å². The molecule has 0 radical (unpaired) electrons. The third-order valence-electron chi connectivity index (χ3n) is 5.95. The van der Waals surface area contributed by atoms with E-state index >= 15 is 0 Å². The molecule has 0 aromatic heterocycles. The lowest BCUT2D eigenvalue weighted by molar-refractivity contribution is -0.137. The number of nitrogens with one attached hydrogen (secondary N) is 2. The molecular formula is C20H19ClF3N3. The van der Waals surface area contributed by atoms with E-state index in [9.17, 15) is 13.2 Å². The van der Waals surface area contributed by atoms with Gasteiger partial charge in [-0.05, 0) is 53.8 Å². The molecule has 0 bridgehead atoms. The van der Waals surface area contributed by atoms with Crippen molar-refractivity contribution in [3.8, 4) is 0 Å². The first-order chi connectivity index (χ1) is 12.9. The molecule has 2 N–H and O–H groups in total. The average Bonchev–Trinajstić information content (AvgIpc) is 3.24. The van der Waals surface area contributed by atoms with Crippen LogP contribution < -0.4 is 15.5 Å². The second-order valence-electron chi connectivity index (χ2n) is 7.61. The fraction of sp³-hybridized carbons (Fsp3) is 0.400. The fourth-order valence-corrected chi connectivity index (χ4v) is 4.89. The second-order valence-corrected chi connectivity index (χ2v) is 8.02. The molecule has 2 aromatic rings. The quantitative estimate of drug-likeness (QED) is 0.768. The molecule has 0 saturated carbocycles. The Balaban J connectivity index is 1.54. The molecular weight excluding hydrogens is 375 g/mol. The van der Waals surface area contributed by atoms with Crippen LogP contribution in [0.2, 0.25) is 5.02 Å². The summed E-state index contributed by atoms with van der Waals surface area (Å²) in [5.41, 5.74) is 4.29. The topological polar surface area (TPSA) is 27.3 Å². The van der Waals surface area contributed by atoms with Gasteiger partial charge in [-0.25, -0.2) is 0 Å². The SMILES string of the molecule is FC(F)(F)c1ccc(Cl)c(Nc2cc3c4c(c2)[C@@H]2CNC[C@@H]2CN4CC3)c1. The van der Waals surface area contributed by atoms with Crippen molar-refractivity contribution in [2.75, 3.05) is 36.4 Å². The zero-order chi connectivity index (χ0) is 18.8. The van der Waals surface area contributed by atoms with Gasteiger partial charge in [0, 0.05) is 43.5 Å². The molecule has 142 valence electrons. The minimum Gasteiger partial charge on any atom is -0.370 e. The molecule has 3 aliphatic rings. The van der Waals surface area contributed by atoms with Crippen molar-refractivity contribution >= 4 is 28.7 Å². The van der Waals surface area contributed by atoms with E-state index in [1.54, 1.807) is 0 Å². The van der Waals surface area contributed by atoms with Crippen molar-refractivity contribution in [2.24, 2.45) is 5.92 Å². The van der Waals surface area contributed by atoms with Crippen LogP contribution in [0.25, 0.3) is 0 Å². The van der Waals surface area contributed by atoms with Gasteiger partial charge in [0.05, 0.1) is 16.3 Å². The van der Waals surface area contributed by atoms with E-state index in [1.165, 1.54) is 22.9 Å². The molecule has 0 aliphatic carbocycles. The third kappa shape index (κ3) is 2.86. The van der Waals surface area contributed by atoms with Crippen molar-refractivity contribution in [2.45, 2.75) is 18.5 Å². The zero-order valence-electron chi connectivity index (χ0n) is 14.5. The van der Waals surface area contributed by atoms with Gasteiger partial charge in [-0.3, -0.25) is 0 Å². The standard InChI is InChI=1S/C20H19ClF3N3/c21-17-2-1-13(20(22,23)24)6-18(17)26-14-5-11-3-4-27-10-12-8-25-9-16(12)15(7-14)19(11)27/h1-2,5-7,12,16,25-26H,3-4,8-10H2/t12-,16-/m1/s1. The molecule has 7 heteroatoms. The van der Waals surface area contributed by atoms with Crippen LogP contribution in [0.5, 0.6) is 0 Å². The normalized spacial score (nSPS) is 23.3. The number of nitrogens with zero attached hydrogens (tertiary/aromatic N) is 1. The number of fused-ring (bicyclic) bond motifs is 2. The Morgan fingerprint density at radius 3 is 2.81 bits per heavy atom. The van der Waals surface area contributed by atoms with Crippen molar-refractivity contribution in [3.63, 3.8) is 0 Å². The molecule has 3 heterocycles. The average molecular weight is 394 g/mol. The maximum atomic E-state index is 13.1. The van der Waals surface area contributed by atoms with E-state index in [0.29, 0.717) is 11.8 Å². The summed E-state index contributed by atoms with van der Waals surface area (Å²) in [4.78, 5) is 2.46. The van der Waals surface area contributed by atoms with Crippen LogP contribution in [-0.4, -0.2) is 26.2 Å². The number of benzene rings is 2. The van der Waals surface area contributed by atoms with Crippen molar-refractivity contribution in [1.29, 1.82) is 0 Å². The highest BCUT2D eigenvalue weighted by Crippen LogP contribution is 2.47. The predicted octanol–water partition coefficient (Wildman–Crippen LogP) is 4.78. The number of alkyl halides is 3. The molecule has 2 atom stereocenters. The highest BCUT2D eigenvalue weighted by molar-refractivity contribution is 6.33. The molecule has 1 fully saturated rings. The Hall–Kier alpha value is -1.92. The summed E-state index contributed by atoms with van der Waals surface area (Å²) < 4.78 is 39.2. The summed E-state index contributed by atoms with van der Waals surface area (Å²) in [5.74, 6) is 1.06. The van der Waals surface area contributed by atoms with Crippen LogP contribution in [0.3, 0.4) is 0 Å². The summed E-state index contributed by atoms with van der Waals surface area (Å²) in [7, 11) is 0. The van der Waals surface area contributed by atoms with Gasteiger partial charge in [0.15, 0.2) is 0 Å². The Kier molecular flexibility index (Phi) is 3.85. The summed E-state index contributed by atoms with van der Waals surface area (Å²) >= 11 is 6.16. The highest BCUT2D eigenvalue weighted by Gasteiger charge is 2.40. The molecule has 5 rings (SSSR count). The minimum atomic E-state index is -4.39. The van der Waals surface area contributed by atoms with Crippen molar-refractivity contribution < 1.29 is 13.2 Å². The summed E-state index contributed by atoms with van der Waals surface area (Å²) in [6.07, 6.45) is -3.42. The Morgan fingerprint density at radius 1 is 1.15 bits per heavy atom. The number of anilines is 3. The zero-order valence-corrected chi connectivity index (χ0v) is 15.3. The van der Waals surface area contributed by atoms with Crippen LogP contribution in [0.15, 0.2) is 30.3 Å². The molecule has 3 nitrogen and oxygen atoms in total.